The maximum atomic E-state index is 11.4. The van der Waals surface area contributed by atoms with Gasteiger partial charge in [-0.15, -0.1) is 0 Å². The first-order valence-electron chi connectivity index (χ1n) is 2.25. The molecule has 0 aliphatic carbocycles. The third kappa shape index (κ3) is 2.94. The van der Waals surface area contributed by atoms with Gasteiger partial charge >= 0.3 is 6.18 Å². The molecule has 0 aromatic heterocycles. The molecule has 1 unspecified atom stereocenters. The zero-order chi connectivity index (χ0) is 7.49. The van der Waals surface area contributed by atoms with Crippen LogP contribution < -0.4 is 5.32 Å². The number of halogens is 3. The van der Waals surface area contributed by atoms with E-state index in [9.17, 15) is 18.0 Å². The fraction of sp³-hybridized carbons (Fsp3) is 0.750. The Morgan fingerprint density at radius 1 is 1.56 bits per heavy atom. The van der Waals surface area contributed by atoms with Gasteiger partial charge in [0.15, 0.2) is 0 Å². The average Bonchev–Trinajstić information content (AvgIpc) is 1.64. The van der Waals surface area contributed by atoms with Crippen LogP contribution in [0.1, 0.15) is 6.92 Å². The van der Waals surface area contributed by atoms with Crippen LogP contribution in [0.3, 0.4) is 0 Å². The molecule has 1 N–H and O–H groups in total. The lowest BCUT2D eigenvalue weighted by Gasteiger charge is -2.13. The molecule has 0 fully saturated rings. The van der Waals surface area contributed by atoms with Crippen LogP contribution in [0.15, 0.2) is 0 Å². The summed E-state index contributed by atoms with van der Waals surface area (Å²) in [6, 6.07) is -1.75. The Kier molecular flexibility index (Phi) is 2.48. The Balaban J connectivity index is 3.72. The summed E-state index contributed by atoms with van der Waals surface area (Å²) in [5, 5.41) is 1.58. The van der Waals surface area contributed by atoms with Crippen LogP contribution in [0.25, 0.3) is 0 Å². The largest absolute Gasteiger partial charge is 0.408 e. The molecule has 0 heterocycles. The van der Waals surface area contributed by atoms with Gasteiger partial charge in [-0.05, 0) is 6.92 Å². The predicted octanol–water partition coefficient (Wildman–Crippen LogP) is 0.683. The predicted molar refractivity (Wildman–Crippen MR) is 24.7 cm³/mol. The van der Waals surface area contributed by atoms with Crippen molar-refractivity contribution in [2.75, 3.05) is 0 Å². The summed E-state index contributed by atoms with van der Waals surface area (Å²) < 4.78 is 34.2. The molecule has 1 amide bonds. The molecular weight excluding hydrogens is 135 g/mol. The molecule has 9 heavy (non-hydrogen) atoms. The maximum absolute atomic E-state index is 11.4. The molecule has 0 aromatic rings. The van der Waals surface area contributed by atoms with Gasteiger partial charge in [0.05, 0.1) is 0 Å². The van der Waals surface area contributed by atoms with Gasteiger partial charge in [0.1, 0.15) is 6.04 Å². The highest BCUT2D eigenvalue weighted by Gasteiger charge is 2.35. The van der Waals surface area contributed by atoms with Crippen molar-refractivity contribution in [3.63, 3.8) is 0 Å². The van der Waals surface area contributed by atoms with Crippen LogP contribution in [-0.4, -0.2) is 18.6 Å². The Morgan fingerprint density at radius 3 is 2.11 bits per heavy atom. The molecule has 5 heteroatoms. The van der Waals surface area contributed by atoms with Gasteiger partial charge in [0.2, 0.25) is 6.41 Å². The SMILES string of the molecule is CC(NC=O)C(F)(F)F. The fourth-order valence-electron chi connectivity index (χ4n) is 0.197. The second kappa shape index (κ2) is 2.70. The highest BCUT2D eigenvalue weighted by molar-refractivity contribution is 5.46. The molecule has 0 aliphatic heterocycles. The van der Waals surface area contributed by atoms with Gasteiger partial charge in [-0.1, -0.05) is 0 Å². The van der Waals surface area contributed by atoms with Crippen molar-refractivity contribution in [2.24, 2.45) is 0 Å². The average molecular weight is 141 g/mol. The normalized spacial score (nSPS) is 14.7. The van der Waals surface area contributed by atoms with Crippen LogP contribution in [0, 0.1) is 0 Å². The Hall–Kier alpha value is -0.740. The molecule has 2 nitrogen and oxygen atoms in total. The molecule has 0 bridgehead atoms. The summed E-state index contributed by atoms with van der Waals surface area (Å²) in [5.74, 6) is 0. The van der Waals surface area contributed by atoms with Gasteiger partial charge in [0.25, 0.3) is 0 Å². The minimum absolute atomic E-state index is 0.0259. The standard InChI is InChI=1S/C4H6F3NO/c1-3(8-2-9)4(5,6)7/h2-3H,1H3,(H,8,9). The molecule has 0 saturated carbocycles. The summed E-state index contributed by atoms with van der Waals surface area (Å²) >= 11 is 0. The number of hydrogen-bond donors (Lipinski definition) is 1. The van der Waals surface area contributed by atoms with E-state index < -0.39 is 12.2 Å². The molecule has 0 saturated heterocycles. The molecule has 0 rings (SSSR count). The van der Waals surface area contributed by atoms with E-state index in [1.807, 2.05) is 0 Å². The first-order chi connectivity index (χ1) is 3.98. The zero-order valence-corrected chi connectivity index (χ0v) is 4.70. The third-order valence-corrected chi connectivity index (χ3v) is 0.809. The first-order valence-corrected chi connectivity index (χ1v) is 2.25. The smallest absolute Gasteiger partial charge is 0.347 e. The molecule has 0 radical (unpaired) electrons. The van der Waals surface area contributed by atoms with Gasteiger partial charge in [0, 0.05) is 0 Å². The Bertz CT molecular complexity index is 100. The van der Waals surface area contributed by atoms with Crippen molar-refractivity contribution in [3.8, 4) is 0 Å². The van der Waals surface area contributed by atoms with E-state index in [-0.39, 0.29) is 6.41 Å². The minimum atomic E-state index is -4.33. The van der Waals surface area contributed by atoms with Crippen LogP contribution in [-0.2, 0) is 4.79 Å². The summed E-state index contributed by atoms with van der Waals surface area (Å²) in [6.45, 7) is 0.869. The van der Waals surface area contributed by atoms with Gasteiger partial charge < -0.3 is 5.32 Å². The second-order valence-corrected chi connectivity index (χ2v) is 1.55. The van der Waals surface area contributed by atoms with E-state index in [0.717, 1.165) is 6.92 Å². The van der Waals surface area contributed by atoms with Crippen molar-refractivity contribution >= 4 is 6.41 Å². The summed E-state index contributed by atoms with van der Waals surface area (Å²) in [7, 11) is 0. The van der Waals surface area contributed by atoms with Gasteiger partial charge in [-0.3, -0.25) is 4.79 Å². The van der Waals surface area contributed by atoms with E-state index in [4.69, 9.17) is 0 Å². The Morgan fingerprint density at radius 2 is 2.00 bits per heavy atom. The highest BCUT2D eigenvalue weighted by atomic mass is 19.4. The first kappa shape index (κ1) is 8.26. The van der Waals surface area contributed by atoms with Crippen LogP contribution in [0.2, 0.25) is 0 Å². The molecular formula is C4H6F3NO. The second-order valence-electron chi connectivity index (χ2n) is 1.55. The number of rotatable bonds is 2. The van der Waals surface area contributed by atoms with Crippen molar-refractivity contribution < 1.29 is 18.0 Å². The number of amides is 1. The fourth-order valence-corrected chi connectivity index (χ4v) is 0.197. The van der Waals surface area contributed by atoms with Crippen molar-refractivity contribution in [3.05, 3.63) is 0 Å². The highest BCUT2D eigenvalue weighted by Crippen LogP contribution is 2.18. The van der Waals surface area contributed by atoms with Crippen LogP contribution >= 0.6 is 0 Å². The monoisotopic (exact) mass is 141 g/mol. The lowest BCUT2D eigenvalue weighted by atomic mass is 10.3. The summed E-state index contributed by atoms with van der Waals surface area (Å²) in [6.07, 6.45) is -4.31. The number of alkyl halides is 3. The third-order valence-electron chi connectivity index (χ3n) is 0.809. The van der Waals surface area contributed by atoms with E-state index in [2.05, 4.69) is 0 Å². The van der Waals surface area contributed by atoms with Crippen LogP contribution in [0.5, 0.6) is 0 Å². The van der Waals surface area contributed by atoms with Crippen LogP contribution in [0.4, 0.5) is 13.2 Å². The van der Waals surface area contributed by atoms with E-state index >= 15 is 0 Å². The molecule has 0 aromatic carbocycles. The van der Waals surface area contributed by atoms with E-state index in [0.29, 0.717) is 0 Å². The Labute approximate surface area is 50.0 Å². The zero-order valence-electron chi connectivity index (χ0n) is 4.70. The molecule has 54 valence electrons. The molecule has 0 aliphatic rings. The quantitative estimate of drug-likeness (QED) is 0.563. The molecule has 0 spiro atoms. The van der Waals surface area contributed by atoms with E-state index in [1.165, 1.54) is 0 Å². The maximum Gasteiger partial charge on any atom is 0.408 e. The number of hydrogen-bond acceptors (Lipinski definition) is 1. The lowest BCUT2D eigenvalue weighted by Crippen LogP contribution is -2.38. The summed E-state index contributed by atoms with van der Waals surface area (Å²) in [4.78, 5) is 9.45. The number of carbonyl (C=O) groups is 1. The van der Waals surface area contributed by atoms with Crippen molar-refractivity contribution in [1.29, 1.82) is 0 Å². The summed E-state index contributed by atoms with van der Waals surface area (Å²) in [5.41, 5.74) is 0. The van der Waals surface area contributed by atoms with E-state index in [1.54, 1.807) is 5.32 Å². The molecule has 1 atom stereocenters. The lowest BCUT2D eigenvalue weighted by molar-refractivity contribution is -0.154. The van der Waals surface area contributed by atoms with Gasteiger partial charge in [-0.2, -0.15) is 13.2 Å². The van der Waals surface area contributed by atoms with Crippen molar-refractivity contribution in [1.82, 2.24) is 5.32 Å². The van der Waals surface area contributed by atoms with Crippen molar-refractivity contribution in [2.45, 2.75) is 19.1 Å². The van der Waals surface area contributed by atoms with Gasteiger partial charge in [-0.25, -0.2) is 0 Å². The number of carbonyl (C=O) groups excluding carboxylic acids is 1. The topological polar surface area (TPSA) is 29.1 Å². The number of nitrogens with one attached hydrogen (secondary N) is 1. The minimum Gasteiger partial charge on any atom is -0.347 e.